The number of aromatic nitrogens is 3. The minimum atomic E-state index is -0.578. The first-order chi connectivity index (χ1) is 5.41. The molecule has 66 valence electrons. The molecule has 0 unspecified atom stereocenters. The van der Waals surface area contributed by atoms with E-state index in [2.05, 4.69) is 10.3 Å². The molecule has 0 radical (unpaired) electrons. The second-order valence-corrected chi connectivity index (χ2v) is 3.84. The molecule has 0 bridgehead atoms. The van der Waals surface area contributed by atoms with Crippen molar-refractivity contribution >= 4 is 16.8 Å². The zero-order valence-electron chi connectivity index (χ0n) is 7.21. The minimum Gasteiger partial charge on any atom is -0.274 e. The van der Waals surface area contributed by atoms with Crippen molar-refractivity contribution in [2.24, 2.45) is 0 Å². The molecule has 1 heterocycles. The van der Waals surface area contributed by atoms with Crippen LogP contribution in [-0.4, -0.2) is 20.2 Å². The topological polar surface area (TPSA) is 47.8 Å². The molecule has 0 spiro atoms. The monoisotopic (exact) mass is 187 g/mol. The maximum Gasteiger partial charge on any atom is 0.274 e. The van der Waals surface area contributed by atoms with Gasteiger partial charge in [-0.1, -0.05) is 5.21 Å². The number of halogens is 1. The first-order valence-corrected chi connectivity index (χ1v) is 3.92. The fourth-order valence-electron chi connectivity index (χ4n) is 0.682. The average molecular weight is 188 g/mol. The van der Waals surface area contributed by atoms with Gasteiger partial charge in [0, 0.05) is 0 Å². The molecule has 1 aromatic heterocycles. The summed E-state index contributed by atoms with van der Waals surface area (Å²) in [6.07, 6.45) is 1.54. The lowest BCUT2D eigenvalue weighted by molar-refractivity contribution is 0.107. The summed E-state index contributed by atoms with van der Waals surface area (Å²) in [6, 6.07) is 0. The van der Waals surface area contributed by atoms with E-state index < -0.39 is 5.24 Å². The zero-order chi connectivity index (χ0) is 9.35. The molecule has 0 N–H and O–H groups in total. The summed E-state index contributed by atoms with van der Waals surface area (Å²) >= 11 is 5.21. The number of carbonyl (C=O) groups is 1. The van der Waals surface area contributed by atoms with E-state index in [1.807, 2.05) is 20.8 Å². The Kier molecular flexibility index (Phi) is 2.19. The summed E-state index contributed by atoms with van der Waals surface area (Å²) in [5, 5.41) is 6.81. The third-order valence-electron chi connectivity index (χ3n) is 1.38. The quantitative estimate of drug-likeness (QED) is 0.625. The molecule has 0 aliphatic heterocycles. The molecule has 0 amide bonds. The highest BCUT2D eigenvalue weighted by atomic mass is 35.5. The van der Waals surface area contributed by atoms with Gasteiger partial charge in [0.2, 0.25) is 0 Å². The lowest BCUT2D eigenvalue weighted by Crippen LogP contribution is -2.22. The van der Waals surface area contributed by atoms with Crippen LogP contribution >= 0.6 is 11.6 Å². The minimum absolute atomic E-state index is 0.169. The molecule has 1 aromatic rings. The van der Waals surface area contributed by atoms with Crippen LogP contribution in [0.4, 0.5) is 0 Å². The first-order valence-electron chi connectivity index (χ1n) is 3.54. The molecule has 0 aliphatic carbocycles. The maximum atomic E-state index is 10.6. The molecule has 0 saturated carbocycles. The van der Waals surface area contributed by atoms with Crippen molar-refractivity contribution in [1.29, 1.82) is 0 Å². The van der Waals surface area contributed by atoms with Crippen molar-refractivity contribution in [3.8, 4) is 0 Å². The second-order valence-electron chi connectivity index (χ2n) is 3.49. The summed E-state index contributed by atoms with van der Waals surface area (Å²) in [4.78, 5) is 10.6. The molecular weight excluding hydrogens is 178 g/mol. The molecule has 0 atom stereocenters. The molecule has 0 aromatic carbocycles. The molecule has 5 heteroatoms. The standard InChI is InChI=1S/C7H10ClN3O/c1-7(2,3)11-4-5(6(8)12)9-10-11/h4H,1-3H3. The highest BCUT2D eigenvalue weighted by Crippen LogP contribution is 2.12. The van der Waals surface area contributed by atoms with Crippen LogP contribution in [0.25, 0.3) is 0 Å². The fraction of sp³-hybridized carbons (Fsp3) is 0.571. The van der Waals surface area contributed by atoms with E-state index >= 15 is 0 Å². The predicted octanol–water partition coefficient (Wildman–Crippen LogP) is 1.41. The van der Waals surface area contributed by atoms with Gasteiger partial charge in [0.15, 0.2) is 5.69 Å². The van der Waals surface area contributed by atoms with Gasteiger partial charge < -0.3 is 0 Å². The maximum absolute atomic E-state index is 10.6. The summed E-state index contributed by atoms with van der Waals surface area (Å²) in [6.45, 7) is 5.89. The Morgan fingerprint density at radius 1 is 1.58 bits per heavy atom. The van der Waals surface area contributed by atoms with Crippen LogP contribution in [0.5, 0.6) is 0 Å². The molecule has 12 heavy (non-hydrogen) atoms. The predicted molar refractivity (Wildman–Crippen MR) is 45.2 cm³/mol. The Hall–Kier alpha value is -0.900. The van der Waals surface area contributed by atoms with E-state index in [-0.39, 0.29) is 11.2 Å². The van der Waals surface area contributed by atoms with Gasteiger partial charge in [-0.25, -0.2) is 4.68 Å². The van der Waals surface area contributed by atoms with Crippen LogP contribution in [0.2, 0.25) is 0 Å². The van der Waals surface area contributed by atoms with Crippen LogP contribution in [-0.2, 0) is 5.54 Å². The van der Waals surface area contributed by atoms with Crippen molar-refractivity contribution in [2.45, 2.75) is 26.3 Å². The largest absolute Gasteiger partial charge is 0.274 e. The lowest BCUT2D eigenvalue weighted by Gasteiger charge is -2.17. The van der Waals surface area contributed by atoms with Crippen LogP contribution in [0.1, 0.15) is 31.3 Å². The summed E-state index contributed by atoms with van der Waals surface area (Å²) in [7, 11) is 0. The number of hydrogen-bond donors (Lipinski definition) is 0. The van der Waals surface area contributed by atoms with Gasteiger partial charge in [-0.05, 0) is 32.4 Å². The van der Waals surface area contributed by atoms with E-state index in [0.29, 0.717) is 0 Å². The van der Waals surface area contributed by atoms with Crippen molar-refractivity contribution in [2.75, 3.05) is 0 Å². The van der Waals surface area contributed by atoms with Gasteiger partial charge in [-0.2, -0.15) is 0 Å². The smallest absolute Gasteiger partial charge is 0.274 e. The van der Waals surface area contributed by atoms with Gasteiger partial charge in [0.1, 0.15) is 0 Å². The van der Waals surface area contributed by atoms with Crippen molar-refractivity contribution in [3.05, 3.63) is 11.9 Å². The molecular formula is C7H10ClN3O. The summed E-state index contributed by atoms with van der Waals surface area (Å²) < 4.78 is 1.60. The molecule has 0 aliphatic rings. The Labute approximate surface area is 75.5 Å². The molecule has 1 rings (SSSR count). The van der Waals surface area contributed by atoms with Gasteiger partial charge in [0.25, 0.3) is 5.24 Å². The van der Waals surface area contributed by atoms with Crippen molar-refractivity contribution in [1.82, 2.24) is 15.0 Å². The summed E-state index contributed by atoms with van der Waals surface area (Å²) in [5.41, 5.74) is 0.0176. The van der Waals surface area contributed by atoms with Crippen LogP contribution < -0.4 is 0 Å². The Bertz CT molecular complexity index is 300. The van der Waals surface area contributed by atoms with Gasteiger partial charge in [0.05, 0.1) is 11.7 Å². The van der Waals surface area contributed by atoms with Crippen LogP contribution in [0.3, 0.4) is 0 Å². The Balaban J connectivity index is 3.00. The van der Waals surface area contributed by atoms with E-state index in [1.165, 1.54) is 6.20 Å². The number of rotatable bonds is 1. The summed E-state index contributed by atoms with van der Waals surface area (Å²) in [5.74, 6) is 0. The molecule has 4 nitrogen and oxygen atoms in total. The Morgan fingerprint density at radius 2 is 2.17 bits per heavy atom. The highest BCUT2D eigenvalue weighted by molar-refractivity contribution is 6.67. The van der Waals surface area contributed by atoms with Crippen molar-refractivity contribution < 1.29 is 4.79 Å². The van der Waals surface area contributed by atoms with Crippen LogP contribution in [0.15, 0.2) is 6.20 Å². The van der Waals surface area contributed by atoms with Gasteiger partial charge >= 0.3 is 0 Å². The van der Waals surface area contributed by atoms with E-state index in [9.17, 15) is 4.79 Å². The third-order valence-corrected chi connectivity index (χ3v) is 1.58. The van der Waals surface area contributed by atoms with Crippen LogP contribution in [0, 0.1) is 0 Å². The third kappa shape index (κ3) is 1.82. The number of carbonyl (C=O) groups excluding carboxylic acids is 1. The normalized spacial score (nSPS) is 11.7. The lowest BCUT2D eigenvalue weighted by atomic mass is 10.1. The number of nitrogens with zero attached hydrogens (tertiary/aromatic N) is 3. The first kappa shape index (κ1) is 9.19. The second kappa shape index (κ2) is 2.86. The molecule has 0 fully saturated rings. The van der Waals surface area contributed by atoms with E-state index in [1.54, 1.807) is 4.68 Å². The Morgan fingerprint density at radius 3 is 2.42 bits per heavy atom. The molecule has 0 saturated heterocycles. The zero-order valence-corrected chi connectivity index (χ0v) is 7.96. The van der Waals surface area contributed by atoms with E-state index in [4.69, 9.17) is 11.6 Å². The number of hydrogen-bond acceptors (Lipinski definition) is 3. The van der Waals surface area contributed by atoms with Gasteiger partial charge in [-0.15, -0.1) is 5.10 Å². The highest BCUT2D eigenvalue weighted by Gasteiger charge is 2.16. The average Bonchev–Trinajstić information content (AvgIpc) is 2.30. The van der Waals surface area contributed by atoms with Gasteiger partial charge in [-0.3, -0.25) is 4.79 Å². The van der Waals surface area contributed by atoms with Crippen molar-refractivity contribution in [3.63, 3.8) is 0 Å². The van der Waals surface area contributed by atoms with E-state index in [0.717, 1.165) is 0 Å². The fourth-order valence-corrected chi connectivity index (χ4v) is 0.768. The SMILES string of the molecule is CC(C)(C)n1cc(C(=O)Cl)nn1.